The number of carbonyl (C=O) groups excluding carboxylic acids is 1. The maximum absolute atomic E-state index is 12.3. The van der Waals surface area contributed by atoms with E-state index in [9.17, 15) is 4.79 Å². The number of aryl methyl sites for hydroxylation is 2. The van der Waals surface area contributed by atoms with Crippen LogP contribution in [0.5, 0.6) is 0 Å². The Labute approximate surface area is 137 Å². The zero-order valence-electron chi connectivity index (χ0n) is 14.1. The van der Waals surface area contributed by atoms with E-state index in [0.717, 1.165) is 51.2 Å². The zero-order valence-corrected chi connectivity index (χ0v) is 14.1. The molecule has 1 N–H and O–H groups in total. The normalized spacial score (nSPS) is 26.0. The van der Waals surface area contributed by atoms with Crippen LogP contribution in [0.1, 0.15) is 38.3 Å². The molecule has 2 heterocycles. The molecule has 1 aromatic rings. The van der Waals surface area contributed by atoms with Gasteiger partial charge in [-0.1, -0.05) is 0 Å². The maximum Gasteiger partial charge on any atom is 0.220 e. The van der Waals surface area contributed by atoms with Gasteiger partial charge in [-0.05, 0) is 32.6 Å². The van der Waals surface area contributed by atoms with Crippen LogP contribution in [-0.4, -0.2) is 47.4 Å². The van der Waals surface area contributed by atoms with Crippen LogP contribution in [0.4, 0.5) is 0 Å². The molecule has 2 atom stereocenters. The molecule has 0 bridgehead atoms. The molecule has 1 amide bonds. The first-order chi connectivity index (χ1) is 11.2. The smallest absolute Gasteiger partial charge is 0.220 e. The Morgan fingerprint density at radius 2 is 2.30 bits per heavy atom. The maximum atomic E-state index is 12.3. The fourth-order valence-corrected chi connectivity index (χ4v) is 3.94. The topological polar surface area (TPSA) is 65.4 Å². The summed E-state index contributed by atoms with van der Waals surface area (Å²) in [6, 6.07) is 0.224. The number of imidazole rings is 1. The Balaban J connectivity index is 1.54. The molecule has 1 spiro atoms. The van der Waals surface area contributed by atoms with Crippen molar-refractivity contribution in [3.63, 3.8) is 0 Å². The van der Waals surface area contributed by atoms with Crippen molar-refractivity contribution in [1.82, 2.24) is 14.9 Å². The quantitative estimate of drug-likeness (QED) is 0.861. The summed E-state index contributed by atoms with van der Waals surface area (Å²) in [5, 5.41) is 3.24. The van der Waals surface area contributed by atoms with Gasteiger partial charge in [0.15, 0.2) is 0 Å². The van der Waals surface area contributed by atoms with E-state index in [1.165, 1.54) is 0 Å². The first-order valence-electron chi connectivity index (χ1n) is 8.59. The number of aromatic nitrogens is 2. The largest absolute Gasteiger partial charge is 0.381 e. The van der Waals surface area contributed by atoms with Crippen LogP contribution < -0.4 is 5.32 Å². The lowest BCUT2D eigenvalue weighted by molar-refractivity contribution is -0.175. The molecule has 1 aliphatic carbocycles. The molecular weight excluding hydrogens is 294 g/mol. The van der Waals surface area contributed by atoms with E-state index in [2.05, 4.69) is 10.3 Å². The average Bonchev–Trinajstić information content (AvgIpc) is 2.98. The lowest BCUT2D eigenvalue weighted by Crippen LogP contribution is -2.66. The van der Waals surface area contributed by atoms with Gasteiger partial charge in [0.2, 0.25) is 5.91 Å². The van der Waals surface area contributed by atoms with Crippen molar-refractivity contribution in [2.24, 2.45) is 12.5 Å². The second-order valence-corrected chi connectivity index (χ2v) is 6.64. The van der Waals surface area contributed by atoms with Gasteiger partial charge < -0.3 is 19.4 Å². The van der Waals surface area contributed by atoms with E-state index in [0.29, 0.717) is 6.42 Å². The van der Waals surface area contributed by atoms with Crippen molar-refractivity contribution < 1.29 is 14.3 Å². The van der Waals surface area contributed by atoms with Crippen molar-refractivity contribution >= 4 is 5.91 Å². The van der Waals surface area contributed by atoms with Crippen molar-refractivity contribution in [2.75, 3.05) is 19.8 Å². The van der Waals surface area contributed by atoms with Crippen molar-refractivity contribution in [1.29, 1.82) is 0 Å². The summed E-state index contributed by atoms with van der Waals surface area (Å²) in [4.78, 5) is 16.4. The molecule has 0 unspecified atom stereocenters. The minimum atomic E-state index is 0.0798. The van der Waals surface area contributed by atoms with Gasteiger partial charge in [0.1, 0.15) is 0 Å². The second-order valence-electron chi connectivity index (χ2n) is 6.64. The number of hydrogen-bond donors (Lipinski definition) is 1. The van der Waals surface area contributed by atoms with Crippen LogP contribution >= 0.6 is 0 Å². The predicted molar refractivity (Wildman–Crippen MR) is 86.0 cm³/mol. The summed E-state index contributed by atoms with van der Waals surface area (Å²) in [6.45, 7) is 4.30. The van der Waals surface area contributed by atoms with Crippen LogP contribution in [0.3, 0.4) is 0 Å². The van der Waals surface area contributed by atoms with Gasteiger partial charge in [-0.2, -0.15) is 0 Å². The number of nitrogens with one attached hydrogen (secondary N) is 1. The summed E-state index contributed by atoms with van der Waals surface area (Å²) in [7, 11) is 1.95. The molecule has 0 radical (unpaired) electrons. The van der Waals surface area contributed by atoms with Gasteiger partial charge in [0, 0.05) is 56.6 Å². The Bertz CT molecular complexity index is 537. The third-order valence-corrected chi connectivity index (χ3v) is 5.44. The third-order valence-electron chi connectivity index (χ3n) is 5.44. The van der Waals surface area contributed by atoms with Gasteiger partial charge in [-0.3, -0.25) is 4.79 Å². The minimum Gasteiger partial charge on any atom is -0.381 e. The van der Waals surface area contributed by atoms with E-state index >= 15 is 0 Å². The van der Waals surface area contributed by atoms with Crippen LogP contribution in [0.2, 0.25) is 0 Å². The van der Waals surface area contributed by atoms with Crippen LogP contribution in [-0.2, 0) is 27.7 Å². The van der Waals surface area contributed by atoms with E-state index in [-0.39, 0.29) is 23.5 Å². The molecule has 3 rings (SSSR count). The lowest BCUT2D eigenvalue weighted by Gasteiger charge is -2.57. The summed E-state index contributed by atoms with van der Waals surface area (Å²) in [5.41, 5.74) is 1.16. The third kappa shape index (κ3) is 3.28. The average molecular weight is 321 g/mol. The molecule has 1 saturated heterocycles. The molecule has 6 heteroatoms. The fraction of sp³-hybridized carbons (Fsp3) is 0.765. The highest BCUT2D eigenvalue weighted by Gasteiger charge is 2.56. The van der Waals surface area contributed by atoms with Gasteiger partial charge in [0.25, 0.3) is 0 Å². The molecular formula is C17H27N3O3. The molecule has 1 saturated carbocycles. The molecule has 6 nitrogen and oxygen atoms in total. The highest BCUT2D eigenvalue weighted by Crippen LogP contribution is 2.50. The Morgan fingerprint density at radius 1 is 1.52 bits per heavy atom. The van der Waals surface area contributed by atoms with E-state index in [1.54, 1.807) is 6.33 Å². The molecule has 128 valence electrons. The summed E-state index contributed by atoms with van der Waals surface area (Å²) >= 11 is 0. The molecule has 1 aliphatic heterocycles. The predicted octanol–water partition coefficient (Wildman–Crippen LogP) is 1.44. The number of hydrogen-bond acceptors (Lipinski definition) is 4. The Hall–Kier alpha value is -1.40. The minimum absolute atomic E-state index is 0.0798. The van der Waals surface area contributed by atoms with Crippen LogP contribution in [0.15, 0.2) is 12.5 Å². The van der Waals surface area contributed by atoms with Gasteiger partial charge in [-0.15, -0.1) is 0 Å². The van der Waals surface area contributed by atoms with Gasteiger partial charge >= 0.3 is 0 Å². The lowest BCUT2D eigenvalue weighted by atomic mass is 9.57. The first kappa shape index (κ1) is 16.5. The summed E-state index contributed by atoms with van der Waals surface area (Å²) < 4.78 is 13.4. The van der Waals surface area contributed by atoms with Crippen LogP contribution in [0.25, 0.3) is 0 Å². The number of carbonyl (C=O) groups is 1. The number of nitrogens with zero attached hydrogens (tertiary/aromatic N) is 2. The Morgan fingerprint density at radius 3 is 2.96 bits per heavy atom. The number of ether oxygens (including phenoxy) is 2. The van der Waals surface area contributed by atoms with Crippen molar-refractivity contribution in [3.05, 3.63) is 18.2 Å². The van der Waals surface area contributed by atoms with Gasteiger partial charge in [0.05, 0.1) is 12.4 Å². The highest BCUT2D eigenvalue weighted by molar-refractivity contribution is 5.76. The fourth-order valence-electron chi connectivity index (χ4n) is 3.94. The van der Waals surface area contributed by atoms with Crippen molar-refractivity contribution in [2.45, 2.75) is 51.2 Å². The first-order valence-corrected chi connectivity index (χ1v) is 8.59. The zero-order chi connectivity index (χ0) is 16.3. The van der Waals surface area contributed by atoms with Crippen LogP contribution in [0, 0.1) is 5.41 Å². The number of amides is 1. The summed E-state index contributed by atoms with van der Waals surface area (Å²) in [5.74, 6) is 0.122. The van der Waals surface area contributed by atoms with Crippen molar-refractivity contribution in [3.8, 4) is 0 Å². The standard InChI is InChI=1S/C17H27N3O3/c1-3-23-15-10-14(17(15)6-8-22-9-7-17)19-16(21)5-4-13-11-18-12-20(13)2/h11-12,14-15H,3-10H2,1-2H3,(H,19,21)/t14-,15-/m0/s1. The molecule has 0 aromatic carbocycles. The molecule has 23 heavy (non-hydrogen) atoms. The van der Waals surface area contributed by atoms with E-state index in [4.69, 9.17) is 9.47 Å². The summed E-state index contributed by atoms with van der Waals surface area (Å²) in [6.07, 6.45) is 7.95. The Kier molecular flexibility index (Phi) is 5.02. The molecule has 2 aliphatic rings. The second kappa shape index (κ2) is 7.01. The van der Waals surface area contributed by atoms with E-state index < -0.39 is 0 Å². The SMILES string of the molecule is CCO[C@H]1C[C@H](NC(=O)CCc2cncn2C)C12CCOCC2. The van der Waals surface area contributed by atoms with Gasteiger partial charge in [-0.25, -0.2) is 4.98 Å². The highest BCUT2D eigenvalue weighted by atomic mass is 16.5. The van der Waals surface area contributed by atoms with E-state index in [1.807, 2.05) is 24.7 Å². The number of rotatable bonds is 6. The molecule has 1 aromatic heterocycles. The monoisotopic (exact) mass is 321 g/mol. The molecule has 2 fully saturated rings.